The Morgan fingerprint density at radius 3 is 2.28 bits per heavy atom. The first-order chi connectivity index (χ1) is 8.58. The molecule has 0 aliphatic heterocycles. The zero-order valence-corrected chi connectivity index (χ0v) is 11.5. The second-order valence-corrected chi connectivity index (χ2v) is 5.50. The lowest BCUT2D eigenvalue weighted by Gasteiger charge is -2.21. The smallest absolute Gasteiger partial charge is 0.227 e. The van der Waals surface area contributed by atoms with E-state index < -0.39 is 0 Å². The van der Waals surface area contributed by atoms with Crippen molar-refractivity contribution in [3.63, 3.8) is 0 Å². The van der Waals surface area contributed by atoms with Gasteiger partial charge in [0.2, 0.25) is 5.91 Å². The number of amides is 1. The van der Waals surface area contributed by atoms with Crippen molar-refractivity contribution in [1.29, 1.82) is 0 Å². The van der Waals surface area contributed by atoms with E-state index in [-0.39, 0.29) is 11.8 Å². The zero-order chi connectivity index (χ0) is 13.1. The van der Waals surface area contributed by atoms with E-state index in [4.69, 9.17) is 28.9 Å². The number of halogens is 2. The highest BCUT2D eigenvalue weighted by Crippen LogP contribution is 2.34. The molecule has 0 aromatic heterocycles. The van der Waals surface area contributed by atoms with E-state index >= 15 is 0 Å². The number of nitrogen functional groups attached to an aromatic ring is 1. The molecular weight excluding hydrogens is 271 g/mol. The molecule has 0 saturated heterocycles. The number of benzene rings is 1. The molecule has 0 radical (unpaired) electrons. The SMILES string of the molecule is Nc1cc(Cl)c(NC(=O)C2CCCCC2)c(Cl)c1. The lowest BCUT2D eigenvalue weighted by Crippen LogP contribution is -2.25. The summed E-state index contributed by atoms with van der Waals surface area (Å²) in [6.07, 6.45) is 5.32. The van der Waals surface area contributed by atoms with Crippen LogP contribution in [0.5, 0.6) is 0 Å². The molecular formula is C13H16Cl2N2O. The van der Waals surface area contributed by atoms with Gasteiger partial charge in [0, 0.05) is 11.6 Å². The molecule has 0 bridgehead atoms. The lowest BCUT2D eigenvalue weighted by atomic mass is 9.88. The van der Waals surface area contributed by atoms with Gasteiger partial charge >= 0.3 is 0 Å². The largest absolute Gasteiger partial charge is 0.399 e. The monoisotopic (exact) mass is 286 g/mol. The topological polar surface area (TPSA) is 55.1 Å². The average Bonchev–Trinajstić information content (AvgIpc) is 2.34. The predicted molar refractivity (Wildman–Crippen MR) is 76.1 cm³/mol. The van der Waals surface area contributed by atoms with Crippen LogP contribution in [0.4, 0.5) is 11.4 Å². The second kappa shape index (κ2) is 5.81. The van der Waals surface area contributed by atoms with Crippen LogP contribution >= 0.6 is 23.2 Å². The Morgan fingerprint density at radius 2 is 1.72 bits per heavy atom. The third-order valence-electron chi connectivity index (χ3n) is 3.29. The normalized spacial score (nSPS) is 16.6. The number of carbonyl (C=O) groups excluding carboxylic acids is 1. The first-order valence-corrected chi connectivity index (χ1v) is 6.89. The van der Waals surface area contributed by atoms with Crippen LogP contribution < -0.4 is 11.1 Å². The van der Waals surface area contributed by atoms with Crippen molar-refractivity contribution in [2.24, 2.45) is 5.92 Å². The van der Waals surface area contributed by atoms with Crippen molar-refractivity contribution >= 4 is 40.5 Å². The summed E-state index contributed by atoms with van der Waals surface area (Å²) in [6, 6.07) is 3.17. The molecule has 1 fully saturated rings. The Labute approximate surface area is 117 Å². The summed E-state index contributed by atoms with van der Waals surface area (Å²) < 4.78 is 0. The summed E-state index contributed by atoms with van der Waals surface area (Å²) >= 11 is 12.1. The predicted octanol–water partition coefficient (Wildman–Crippen LogP) is 4.09. The Hall–Kier alpha value is -0.930. The molecule has 0 atom stereocenters. The van der Waals surface area contributed by atoms with Crippen LogP contribution in [0.15, 0.2) is 12.1 Å². The minimum absolute atomic E-state index is 0.00303. The Balaban J connectivity index is 2.11. The number of nitrogens with one attached hydrogen (secondary N) is 1. The van der Waals surface area contributed by atoms with Crippen molar-refractivity contribution < 1.29 is 4.79 Å². The first kappa shape index (κ1) is 13.5. The van der Waals surface area contributed by atoms with E-state index in [1.165, 1.54) is 6.42 Å². The maximum Gasteiger partial charge on any atom is 0.227 e. The number of nitrogens with two attached hydrogens (primary N) is 1. The standard InChI is InChI=1S/C13H16Cl2N2O/c14-10-6-9(16)7-11(15)12(10)17-13(18)8-4-2-1-3-5-8/h6-8H,1-5,16H2,(H,17,18). The summed E-state index contributed by atoms with van der Waals surface area (Å²) in [5.74, 6) is 0.0757. The fourth-order valence-corrected chi connectivity index (χ4v) is 2.90. The van der Waals surface area contributed by atoms with E-state index in [0.717, 1.165) is 25.7 Å². The third-order valence-corrected chi connectivity index (χ3v) is 3.88. The lowest BCUT2D eigenvalue weighted by molar-refractivity contribution is -0.120. The van der Waals surface area contributed by atoms with E-state index in [9.17, 15) is 4.79 Å². The van der Waals surface area contributed by atoms with E-state index in [0.29, 0.717) is 21.4 Å². The van der Waals surface area contributed by atoms with Crippen molar-refractivity contribution in [1.82, 2.24) is 0 Å². The van der Waals surface area contributed by atoms with Crippen LogP contribution in [0.25, 0.3) is 0 Å². The molecule has 98 valence electrons. The number of hydrogen-bond donors (Lipinski definition) is 2. The maximum atomic E-state index is 12.1. The molecule has 1 aliphatic rings. The molecule has 2 rings (SSSR count). The van der Waals surface area contributed by atoms with Crippen LogP contribution in [0.2, 0.25) is 10.0 Å². The third kappa shape index (κ3) is 3.09. The number of hydrogen-bond acceptors (Lipinski definition) is 2. The Morgan fingerprint density at radius 1 is 1.17 bits per heavy atom. The molecule has 3 nitrogen and oxygen atoms in total. The van der Waals surface area contributed by atoms with E-state index in [2.05, 4.69) is 5.32 Å². The van der Waals surface area contributed by atoms with Gasteiger partial charge in [0.25, 0.3) is 0 Å². The van der Waals surface area contributed by atoms with Gasteiger partial charge in [-0.2, -0.15) is 0 Å². The minimum atomic E-state index is 0.00303. The molecule has 5 heteroatoms. The summed E-state index contributed by atoms with van der Waals surface area (Å²) in [4.78, 5) is 12.1. The van der Waals surface area contributed by atoms with Gasteiger partial charge in [-0.15, -0.1) is 0 Å². The molecule has 1 aromatic rings. The molecule has 18 heavy (non-hydrogen) atoms. The maximum absolute atomic E-state index is 12.1. The van der Waals surface area contributed by atoms with Crippen molar-refractivity contribution in [3.8, 4) is 0 Å². The van der Waals surface area contributed by atoms with Crippen molar-refractivity contribution in [3.05, 3.63) is 22.2 Å². The summed E-state index contributed by atoms with van der Waals surface area (Å²) in [7, 11) is 0. The Bertz CT molecular complexity index is 433. The molecule has 3 N–H and O–H groups in total. The number of anilines is 2. The van der Waals surface area contributed by atoms with Crippen LogP contribution in [-0.4, -0.2) is 5.91 Å². The van der Waals surface area contributed by atoms with Crippen LogP contribution in [0, 0.1) is 5.92 Å². The molecule has 0 heterocycles. The fourth-order valence-electron chi connectivity index (χ4n) is 2.30. The fraction of sp³-hybridized carbons (Fsp3) is 0.462. The molecule has 1 aliphatic carbocycles. The zero-order valence-electron chi connectivity index (χ0n) is 10.0. The van der Waals surface area contributed by atoms with Gasteiger partial charge in [-0.1, -0.05) is 42.5 Å². The summed E-state index contributed by atoms with van der Waals surface area (Å²) in [5.41, 5.74) is 6.57. The van der Waals surface area contributed by atoms with Gasteiger partial charge in [-0.25, -0.2) is 0 Å². The van der Waals surface area contributed by atoms with Gasteiger partial charge in [-0.3, -0.25) is 4.79 Å². The van der Waals surface area contributed by atoms with Crippen LogP contribution in [0.3, 0.4) is 0 Å². The molecule has 0 unspecified atom stereocenters. The highest BCUT2D eigenvalue weighted by atomic mass is 35.5. The molecule has 0 spiro atoms. The number of carbonyl (C=O) groups is 1. The Kier molecular flexibility index (Phi) is 4.36. The molecule has 1 amide bonds. The van der Waals surface area contributed by atoms with Crippen molar-refractivity contribution in [2.75, 3.05) is 11.1 Å². The van der Waals surface area contributed by atoms with Crippen LogP contribution in [0.1, 0.15) is 32.1 Å². The first-order valence-electron chi connectivity index (χ1n) is 6.13. The van der Waals surface area contributed by atoms with E-state index in [1.807, 2.05) is 0 Å². The summed E-state index contributed by atoms with van der Waals surface area (Å²) in [6.45, 7) is 0. The van der Waals surface area contributed by atoms with E-state index in [1.54, 1.807) is 12.1 Å². The van der Waals surface area contributed by atoms with Crippen molar-refractivity contribution in [2.45, 2.75) is 32.1 Å². The molecule has 1 aromatic carbocycles. The number of rotatable bonds is 2. The van der Waals surface area contributed by atoms with Crippen LogP contribution in [-0.2, 0) is 4.79 Å². The minimum Gasteiger partial charge on any atom is -0.399 e. The van der Waals surface area contributed by atoms with Gasteiger partial charge in [0.1, 0.15) is 0 Å². The second-order valence-electron chi connectivity index (χ2n) is 4.68. The summed E-state index contributed by atoms with van der Waals surface area (Å²) in [5, 5.41) is 3.57. The highest BCUT2D eigenvalue weighted by molar-refractivity contribution is 6.40. The molecule has 1 saturated carbocycles. The van der Waals surface area contributed by atoms with Gasteiger partial charge in [0.05, 0.1) is 15.7 Å². The highest BCUT2D eigenvalue weighted by Gasteiger charge is 2.22. The average molecular weight is 287 g/mol. The van der Waals surface area contributed by atoms with Gasteiger partial charge in [-0.05, 0) is 25.0 Å². The quantitative estimate of drug-likeness (QED) is 0.805. The van der Waals surface area contributed by atoms with Gasteiger partial charge < -0.3 is 11.1 Å². The van der Waals surface area contributed by atoms with Gasteiger partial charge in [0.15, 0.2) is 0 Å².